The molecule has 0 saturated heterocycles. The van der Waals surface area contributed by atoms with Crippen molar-refractivity contribution in [1.82, 2.24) is 4.90 Å². The molecule has 0 bridgehead atoms. The van der Waals surface area contributed by atoms with Gasteiger partial charge in [-0.05, 0) is 43.9 Å². The smallest absolute Gasteiger partial charge is 0.303 e. The van der Waals surface area contributed by atoms with E-state index in [0.717, 1.165) is 38.8 Å². The molecule has 4 heteroatoms. The Hall–Kier alpha value is -1.06. The van der Waals surface area contributed by atoms with Gasteiger partial charge in [0.05, 0.1) is 6.42 Å². The van der Waals surface area contributed by atoms with E-state index >= 15 is 0 Å². The molecule has 0 aliphatic heterocycles. The summed E-state index contributed by atoms with van der Waals surface area (Å²) >= 11 is 0. The lowest BCUT2D eigenvalue weighted by molar-refractivity contribution is -0.142. The van der Waals surface area contributed by atoms with E-state index in [0.29, 0.717) is 12.3 Å². The number of carbonyl (C=O) groups is 2. The van der Waals surface area contributed by atoms with E-state index in [4.69, 9.17) is 0 Å². The largest absolute Gasteiger partial charge is 0.481 e. The van der Waals surface area contributed by atoms with E-state index in [-0.39, 0.29) is 17.7 Å². The number of carbonyl (C=O) groups excluding carboxylic acids is 1. The first-order chi connectivity index (χ1) is 9.54. The lowest BCUT2D eigenvalue weighted by Crippen LogP contribution is -2.38. The molecule has 0 spiro atoms. The summed E-state index contributed by atoms with van der Waals surface area (Å²) in [5, 5.41) is 9.17. The van der Waals surface area contributed by atoms with E-state index in [9.17, 15) is 14.7 Å². The molecule has 2 saturated carbocycles. The maximum atomic E-state index is 12.5. The van der Waals surface area contributed by atoms with Crippen LogP contribution in [0.4, 0.5) is 0 Å². The molecule has 0 atom stereocenters. The number of carboxylic acids is 1. The normalized spacial score (nSPS) is 21.4. The molecule has 0 aromatic rings. The highest BCUT2D eigenvalue weighted by molar-refractivity contribution is 5.78. The van der Waals surface area contributed by atoms with Gasteiger partial charge in [-0.1, -0.05) is 19.3 Å². The predicted molar refractivity (Wildman–Crippen MR) is 77.4 cm³/mol. The van der Waals surface area contributed by atoms with E-state index in [1.165, 1.54) is 19.3 Å². The van der Waals surface area contributed by atoms with Crippen LogP contribution < -0.4 is 0 Å². The Balaban J connectivity index is 1.97. The summed E-state index contributed by atoms with van der Waals surface area (Å²) in [6.07, 6.45) is 8.16. The summed E-state index contributed by atoms with van der Waals surface area (Å²) in [5.74, 6) is 0.105. The third kappa shape index (κ3) is 4.22. The average molecular weight is 281 g/mol. The first-order valence-corrected chi connectivity index (χ1v) is 8.04. The van der Waals surface area contributed by atoms with Crippen molar-refractivity contribution in [3.63, 3.8) is 0 Å². The molecular formula is C16H27NO3. The molecule has 20 heavy (non-hydrogen) atoms. The molecule has 2 aliphatic carbocycles. The van der Waals surface area contributed by atoms with Gasteiger partial charge in [0.25, 0.3) is 0 Å². The van der Waals surface area contributed by atoms with Crippen molar-refractivity contribution < 1.29 is 14.7 Å². The fourth-order valence-electron chi connectivity index (χ4n) is 3.49. The Labute approximate surface area is 121 Å². The van der Waals surface area contributed by atoms with Crippen LogP contribution in [0.15, 0.2) is 0 Å². The van der Waals surface area contributed by atoms with E-state index in [1.54, 1.807) is 0 Å². The number of hydrogen-bond donors (Lipinski definition) is 1. The quantitative estimate of drug-likeness (QED) is 0.780. The van der Waals surface area contributed by atoms with Crippen LogP contribution >= 0.6 is 0 Å². The van der Waals surface area contributed by atoms with Crippen molar-refractivity contribution in [2.75, 3.05) is 13.1 Å². The van der Waals surface area contributed by atoms with Gasteiger partial charge in [0, 0.05) is 19.5 Å². The number of nitrogens with zero attached hydrogens (tertiary/aromatic N) is 1. The maximum Gasteiger partial charge on any atom is 0.303 e. The second-order valence-electron chi connectivity index (χ2n) is 6.68. The van der Waals surface area contributed by atoms with Crippen molar-refractivity contribution in [3.8, 4) is 0 Å². The van der Waals surface area contributed by atoms with Crippen LogP contribution in [0.1, 0.15) is 64.7 Å². The van der Waals surface area contributed by atoms with Crippen molar-refractivity contribution >= 4 is 11.9 Å². The highest BCUT2D eigenvalue weighted by Crippen LogP contribution is 2.43. The first-order valence-electron chi connectivity index (χ1n) is 8.04. The Morgan fingerprint density at radius 2 is 1.80 bits per heavy atom. The number of carboxylic acid groups (broad SMARTS) is 1. The molecule has 2 fully saturated rings. The molecule has 0 aromatic carbocycles. The number of amides is 1. The van der Waals surface area contributed by atoms with Crippen molar-refractivity contribution in [3.05, 3.63) is 0 Å². The second kappa shape index (κ2) is 6.59. The fourth-order valence-corrected chi connectivity index (χ4v) is 3.49. The zero-order valence-corrected chi connectivity index (χ0v) is 12.6. The van der Waals surface area contributed by atoms with Gasteiger partial charge in [-0.25, -0.2) is 0 Å². The average Bonchev–Trinajstić information content (AvgIpc) is 3.19. The molecule has 0 heterocycles. The third-order valence-electron chi connectivity index (χ3n) is 4.88. The van der Waals surface area contributed by atoms with Crippen LogP contribution in [0, 0.1) is 11.3 Å². The number of hydrogen-bond acceptors (Lipinski definition) is 2. The van der Waals surface area contributed by atoms with E-state index in [1.807, 2.05) is 11.8 Å². The Kier molecular flexibility index (Phi) is 5.06. The highest BCUT2D eigenvalue weighted by Gasteiger charge is 2.38. The van der Waals surface area contributed by atoms with Gasteiger partial charge < -0.3 is 10.0 Å². The van der Waals surface area contributed by atoms with Crippen LogP contribution in [0.25, 0.3) is 0 Å². The molecule has 0 radical (unpaired) electrons. The monoisotopic (exact) mass is 281 g/mol. The molecule has 1 N–H and O–H groups in total. The van der Waals surface area contributed by atoms with Gasteiger partial charge in [0.2, 0.25) is 5.91 Å². The van der Waals surface area contributed by atoms with E-state index in [2.05, 4.69) is 0 Å². The summed E-state index contributed by atoms with van der Waals surface area (Å²) in [4.78, 5) is 25.6. The highest BCUT2D eigenvalue weighted by atomic mass is 16.4. The molecule has 0 aromatic heterocycles. The second-order valence-corrected chi connectivity index (χ2v) is 6.68. The van der Waals surface area contributed by atoms with Crippen LogP contribution in [-0.4, -0.2) is 35.0 Å². The van der Waals surface area contributed by atoms with Crippen LogP contribution in [0.2, 0.25) is 0 Å². The fraction of sp³-hybridized carbons (Fsp3) is 0.875. The van der Waals surface area contributed by atoms with Crippen LogP contribution in [0.3, 0.4) is 0 Å². The molecular weight excluding hydrogens is 254 g/mol. The molecule has 2 aliphatic rings. The molecule has 114 valence electrons. The van der Waals surface area contributed by atoms with Crippen LogP contribution in [0.5, 0.6) is 0 Å². The Morgan fingerprint density at radius 3 is 2.30 bits per heavy atom. The lowest BCUT2D eigenvalue weighted by Gasteiger charge is -2.37. The van der Waals surface area contributed by atoms with E-state index < -0.39 is 5.97 Å². The summed E-state index contributed by atoms with van der Waals surface area (Å²) in [5.41, 5.74) is -0.280. The minimum Gasteiger partial charge on any atom is -0.481 e. The van der Waals surface area contributed by atoms with Crippen LogP contribution in [-0.2, 0) is 9.59 Å². The Morgan fingerprint density at radius 1 is 1.15 bits per heavy atom. The standard InChI is InChI=1S/C16H27NO3/c1-2-17(12-13-6-7-13)14(18)10-16(11-15(19)20)8-4-3-5-9-16/h13H,2-12H2,1H3,(H,19,20). The predicted octanol–water partition coefficient (Wildman–Crippen LogP) is 3.06. The first kappa shape index (κ1) is 15.3. The Bertz CT molecular complexity index is 357. The van der Waals surface area contributed by atoms with Gasteiger partial charge in [0.1, 0.15) is 0 Å². The van der Waals surface area contributed by atoms with Gasteiger partial charge in [-0.15, -0.1) is 0 Å². The van der Waals surface area contributed by atoms with Gasteiger partial charge in [-0.2, -0.15) is 0 Å². The minimum absolute atomic E-state index is 0.153. The summed E-state index contributed by atoms with van der Waals surface area (Å²) in [7, 11) is 0. The van der Waals surface area contributed by atoms with Gasteiger partial charge >= 0.3 is 5.97 Å². The topological polar surface area (TPSA) is 57.6 Å². The molecule has 4 nitrogen and oxygen atoms in total. The maximum absolute atomic E-state index is 12.5. The summed E-state index contributed by atoms with van der Waals surface area (Å²) in [6, 6.07) is 0. The lowest BCUT2D eigenvalue weighted by atomic mass is 9.69. The molecule has 2 rings (SSSR count). The zero-order valence-electron chi connectivity index (χ0n) is 12.6. The third-order valence-corrected chi connectivity index (χ3v) is 4.88. The van der Waals surface area contributed by atoms with Gasteiger partial charge in [0.15, 0.2) is 0 Å². The zero-order chi connectivity index (χ0) is 14.6. The minimum atomic E-state index is -0.759. The summed E-state index contributed by atoms with van der Waals surface area (Å²) < 4.78 is 0. The SMILES string of the molecule is CCN(CC1CC1)C(=O)CC1(CC(=O)O)CCCCC1. The number of rotatable bonds is 7. The van der Waals surface area contributed by atoms with Crippen molar-refractivity contribution in [2.24, 2.45) is 11.3 Å². The van der Waals surface area contributed by atoms with Gasteiger partial charge in [-0.3, -0.25) is 9.59 Å². The van der Waals surface area contributed by atoms with Crippen molar-refractivity contribution in [1.29, 1.82) is 0 Å². The molecule has 1 amide bonds. The summed E-state index contributed by atoms with van der Waals surface area (Å²) in [6.45, 7) is 3.64. The molecule has 0 unspecified atom stereocenters. The number of aliphatic carboxylic acids is 1. The van der Waals surface area contributed by atoms with Crippen molar-refractivity contribution in [2.45, 2.75) is 64.7 Å².